The van der Waals surface area contributed by atoms with Crippen molar-refractivity contribution in [3.63, 3.8) is 0 Å². The van der Waals surface area contributed by atoms with Crippen LogP contribution in [0.1, 0.15) is 5.56 Å². The molecule has 2 aromatic carbocycles. The zero-order valence-corrected chi connectivity index (χ0v) is 18.5. The smallest absolute Gasteiger partial charge is 0.237 e. The summed E-state index contributed by atoms with van der Waals surface area (Å²) in [6, 6.07) is 15.7. The second kappa shape index (κ2) is 8.55. The summed E-state index contributed by atoms with van der Waals surface area (Å²) >= 11 is 1.37. The Hall–Kier alpha value is -3.52. The summed E-state index contributed by atoms with van der Waals surface area (Å²) in [5.41, 5.74) is 2.88. The second-order valence-electron chi connectivity index (χ2n) is 7.41. The van der Waals surface area contributed by atoms with E-state index in [1.54, 1.807) is 13.2 Å². The summed E-state index contributed by atoms with van der Waals surface area (Å²) in [4.78, 5) is 14.8. The molecule has 0 saturated heterocycles. The lowest BCUT2D eigenvalue weighted by Gasteiger charge is -2.17. The Morgan fingerprint density at radius 1 is 1.25 bits per heavy atom. The average molecular weight is 447 g/mol. The number of fused-ring (bicyclic) bond motifs is 2. The number of allylic oxidation sites excluding steroid dienone is 1. The molecule has 3 heterocycles. The Morgan fingerprint density at radius 2 is 2.12 bits per heavy atom. The van der Waals surface area contributed by atoms with Crippen molar-refractivity contribution in [3.8, 4) is 17.3 Å². The minimum atomic E-state index is 0.0585. The van der Waals surface area contributed by atoms with E-state index in [9.17, 15) is 4.79 Å². The Balaban J connectivity index is 1.39. The molecule has 4 aromatic rings. The second-order valence-corrected chi connectivity index (χ2v) is 8.35. The third-order valence-corrected chi connectivity index (χ3v) is 6.44. The summed E-state index contributed by atoms with van der Waals surface area (Å²) < 4.78 is 13.4. The summed E-state index contributed by atoms with van der Waals surface area (Å²) in [5, 5.41) is 10.3. The van der Waals surface area contributed by atoms with Crippen molar-refractivity contribution in [2.24, 2.45) is 0 Å². The SMILES string of the molecule is C=CCn1c(SCC(=O)N2CCc3ccccc32)nnc1-c1cc2cccc(OC)c2o1. The van der Waals surface area contributed by atoms with Gasteiger partial charge in [0.1, 0.15) is 0 Å². The molecule has 1 aliphatic rings. The normalized spacial score (nSPS) is 12.8. The van der Waals surface area contributed by atoms with Crippen LogP contribution in [-0.4, -0.2) is 40.1 Å². The van der Waals surface area contributed by atoms with E-state index in [0.29, 0.717) is 41.2 Å². The van der Waals surface area contributed by atoms with Crippen LogP contribution >= 0.6 is 11.8 Å². The zero-order valence-electron chi connectivity index (χ0n) is 17.7. The fourth-order valence-corrected chi connectivity index (χ4v) is 4.80. The molecule has 0 atom stereocenters. The van der Waals surface area contributed by atoms with Crippen LogP contribution in [0, 0.1) is 0 Å². The van der Waals surface area contributed by atoms with Gasteiger partial charge in [-0.25, -0.2) is 0 Å². The van der Waals surface area contributed by atoms with Crippen molar-refractivity contribution < 1.29 is 13.9 Å². The van der Waals surface area contributed by atoms with Gasteiger partial charge in [-0.05, 0) is 30.2 Å². The van der Waals surface area contributed by atoms with Gasteiger partial charge in [-0.15, -0.1) is 16.8 Å². The highest BCUT2D eigenvalue weighted by molar-refractivity contribution is 7.99. The van der Waals surface area contributed by atoms with Crippen LogP contribution in [0.5, 0.6) is 5.75 Å². The molecule has 5 rings (SSSR count). The van der Waals surface area contributed by atoms with Gasteiger partial charge in [0.15, 0.2) is 22.2 Å². The number of anilines is 1. The lowest BCUT2D eigenvalue weighted by Crippen LogP contribution is -2.30. The molecular formula is C24H22N4O3S. The molecule has 1 aliphatic heterocycles. The fourth-order valence-electron chi connectivity index (χ4n) is 3.98. The molecule has 0 radical (unpaired) electrons. The molecule has 0 saturated carbocycles. The van der Waals surface area contributed by atoms with E-state index in [1.807, 2.05) is 51.9 Å². The zero-order chi connectivity index (χ0) is 22.1. The van der Waals surface area contributed by atoms with E-state index in [2.05, 4.69) is 22.8 Å². The van der Waals surface area contributed by atoms with Crippen LogP contribution in [0.2, 0.25) is 0 Å². The molecule has 32 heavy (non-hydrogen) atoms. The van der Waals surface area contributed by atoms with Crippen molar-refractivity contribution in [3.05, 3.63) is 66.7 Å². The van der Waals surface area contributed by atoms with Gasteiger partial charge >= 0.3 is 0 Å². The number of carbonyl (C=O) groups excluding carboxylic acids is 1. The number of aromatic nitrogens is 3. The molecule has 162 valence electrons. The van der Waals surface area contributed by atoms with Gasteiger partial charge in [0.05, 0.1) is 12.9 Å². The average Bonchev–Trinajstić information content (AvgIpc) is 3.53. The summed E-state index contributed by atoms with van der Waals surface area (Å²) in [6.07, 6.45) is 2.66. The third kappa shape index (κ3) is 3.56. The number of amides is 1. The van der Waals surface area contributed by atoms with Crippen LogP contribution in [-0.2, 0) is 17.8 Å². The number of rotatable bonds is 7. The number of methoxy groups -OCH3 is 1. The minimum absolute atomic E-state index is 0.0585. The van der Waals surface area contributed by atoms with E-state index in [4.69, 9.17) is 9.15 Å². The molecule has 0 aliphatic carbocycles. The van der Waals surface area contributed by atoms with Gasteiger partial charge in [-0.1, -0.05) is 48.2 Å². The molecule has 0 spiro atoms. The number of ether oxygens (including phenoxy) is 1. The maximum Gasteiger partial charge on any atom is 0.237 e. The standard InChI is InChI=1S/C24H22N4O3S/c1-3-12-28-23(20-14-17-8-6-10-19(30-2)22(17)31-20)25-26-24(28)32-15-21(29)27-13-11-16-7-4-5-9-18(16)27/h3-10,14H,1,11-13,15H2,2H3. The maximum atomic E-state index is 12.9. The predicted octanol–water partition coefficient (Wildman–Crippen LogP) is 4.57. The lowest BCUT2D eigenvalue weighted by molar-refractivity contribution is -0.116. The first-order valence-electron chi connectivity index (χ1n) is 10.3. The first-order valence-corrected chi connectivity index (χ1v) is 11.3. The first kappa shape index (κ1) is 20.4. The van der Waals surface area contributed by atoms with E-state index < -0.39 is 0 Å². The van der Waals surface area contributed by atoms with E-state index >= 15 is 0 Å². The number of hydrogen-bond acceptors (Lipinski definition) is 6. The van der Waals surface area contributed by atoms with Crippen LogP contribution in [0.15, 0.2) is 70.8 Å². The number of benzene rings is 2. The monoisotopic (exact) mass is 446 g/mol. The highest BCUT2D eigenvalue weighted by atomic mass is 32.2. The van der Waals surface area contributed by atoms with Crippen LogP contribution in [0.25, 0.3) is 22.6 Å². The van der Waals surface area contributed by atoms with Gasteiger partial charge in [-0.2, -0.15) is 0 Å². The molecular weight excluding hydrogens is 424 g/mol. The van der Waals surface area contributed by atoms with Crippen LogP contribution in [0.4, 0.5) is 5.69 Å². The van der Waals surface area contributed by atoms with Crippen molar-refractivity contribution >= 4 is 34.3 Å². The highest BCUT2D eigenvalue weighted by Crippen LogP contribution is 2.34. The van der Waals surface area contributed by atoms with E-state index in [0.717, 1.165) is 17.5 Å². The first-order chi connectivity index (χ1) is 15.7. The molecule has 1 amide bonds. The van der Waals surface area contributed by atoms with Crippen molar-refractivity contribution in [2.75, 3.05) is 24.3 Å². The van der Waals surface area contributed by atoms with Crippen molar-refractivity contribution in [1.29, 1.82) is 0 Å². The van der Waals surface area contributed by atoms with Gasteiger partial charge in [0.25, 0.3) is 0 Å². The van der Waals surface area contributed by atoms with Gasteiger partial charge in [0, 0.05) is 24.2 Å². The summed E-state index contributed by atoms with van der Waals surface area (Å²) in [6.45, 7) is 5.07. The number of nitrogens with zero attached hydrogens (tertiary/aromatic N) is 4. The molecule has 7 nitrogen and oxygen atoms in total. The Labute approximate surface area is 189 Å². The lowest BCUT2D eigenvalue weighted by atomic mass is 10.2. The topological polar surface area (TPSA) is 73.4 Å². The summed E-state index contributed by atoms with van der Waals surface area (Å²) in [7, 11) is 1.61. The molecule has 0 fully saturated rings. The molecule has 8 heteroatoms. The number of para-hydroxylation sites is 2. The van der Waals surface area contributed by atoms with Gasteiger partial charge in [0.2, 0.25) is 11.7 Å². The quantitative estimate of drug-likeness (QED) is 0.306. The highest BCUT2D eigenvalue weighted by Gasteiger charge is 2.25. The number of thioether (sulfide) groups is 1. The Kier molecular flexibility index (Phi) is 5.45. The van der Waals surface area contributed by atoms with E-state index in [1.165, 1.54) is 17.3 Å². The third-order valence-electron chi connectivity index (χ3n) is 5.49. The van der Waals surface area contributed by atoms with Crippen LogP contribution in [0.3, 0.4) is 0 Å². The predicted molar refractivity (Wildman–Crippen MR) is 125 cm³/mol. The largest absolute Gasteiger partial charge is 0.493 e. The molecule has 0 N–H and O–H groups in total. The van der Waals surface area contributed by atoms with Crippen molar-refractivity contribution in [1.82, 2.24) is 14.8 Å². The molecule has 2 aromatic heterocycles. The van der Waals surface area contributed by atoms with Crippen molar-refractivity contribution in [2.45, 2.75) is 18.1 Å². The Bertz CT molecular complexity index is 1310. The number of carbonyl (C=O) groups is 1. The number of hydrogen-bond donors (Lipinski definition) is 0. The fraction of sp³-hybridized carbons (Fsp3) is 0.208. The minimum Gasteiger partial charge on any atom is -0.493 e. The summed E-state index contributed by atoms with van der Waals surface area (Å²) in [5.74, 6) is 2.17. The van der Waals surface area contributed by atoms with Gasteiger partial charge in [-0.3, -0.25) is 9.36 Å². The van der Waals surface area contributed by atoms with Crippen LogP contribution < -0.4 is 9.64 Å². The van der Waals surface area contributed by atoms with Gasteiger partial charge < -0.3 is 14.1 Å². The maximum absolute atomic E-state index is 12.9. The molecule has 0 unspecified atom stereocenters. The van der Waals surface area contributed by atoms with E-state index in [-0.39, 0.29) is 11.7 Å². The number of furan rings is 1. The molecule has 0 bridgehead atoms. The Morgan fingerprint density at radius 3 is 2.97 bits per heavy atom.